The van der Waals surface area contributed by atoms with Crippen LogP contribution >= 0.6 is 11.3 Å². The third-order valence-electron chi connectivity index (χ3n) is 0.937. The predicted molar refractivity (Wildman–Crippen MR) is 39.9 cm³/mol. The summed E-state index contributed by atoms with van der Waals surface area (Å²) in [5.74, 6) is 0. The number of allylic oxidation sites excluding steroid dienone is 1. The van der Waals surface area contributed by atoms with Gasteiger partial charge in [-0.1, -0.05) is 0 Å². The summed E-state index contributed by atoms with van der Waals surface area (Å²) in [6, 6.07) is 1.85. The SMILES string of the molecule is N#CC=C(N)c1cncs1. The highest BCUT2D eigenvalue weighted by Gasteiger charge is 1.95. The van der Waals surface area contributed by atoms with Crippen LogP contribution < -0.4 is 5.73 Å². The van der Waals surface area contributed by atoms with Gasteiger partial charge in [0.05, 0.1) is 22.2 Å². The Morgan fingerprint density at radius 2 is 2.70 bits per heavy atom. The van der Waals surface area contributed by atoms with Crippen molar-refractivity contribution in [2.75, 3.05) is 0 Å². The molecule has 2 N–H and O–H groups in total. The monoisotopic (exact) mass is 151 g/mol. The molecule has 50 valence electrons. The molecule has 0 radical (unpaired) electrons. The molecular formula is C6H5N3S. The summed E-state index contributed by atoms with van der Waals surface area (Å²) >= 11 is 1.42. The van der Waals surface area contributed by atoms with E-state index < -0.39 is 0 Å². The van der Waals surface area contributed by atoms with Crippen molar-refractivity contribution in [2.45, 2.75) is 0 Å². The number of hydrogen-bond donors (Lipinski definition) is 1. The van der Waals surface area contributed by atoms with E-state index in [1.165, 1.54) is 17.4 Å². The minimum absolute atomic E-state index is 0.477. The maximum atomic E-state index is 8.21. The van der Waals surface area contributed by atoms with Gasteiger partial charge in [-0.2, -0.15) is 5.26 Å². The van der Waals surface area contributed by atoms with Crippen molar-refractivity contribution in [2.24, 2.45) is 5.73 Å². The number of nitrogens with two attached hydrogens (primary N) is 1. The lowest BCUT2D eigenvalue weighted by Crippen LogP contribution is -1.91. The van der Waals surface area contributed by atoms with E-state index in [2.05, 4.69) is 4.98 Å². The second kappa shape index (κ2) is 2.99. The third-order valence-corrected chi connectivity index (χ3v) is 1.76. The first-order valence-corrected chi connectivity index (χ1v) is 3.46. The molecule has 10 heavy (non-hydrogen) atoms. The van der Waals surface area contributed by atoms with Gasteiger partial charge in [0.1, 0.15) is 0 Å². The minimum atomic E-state index is 0.477. The van der Waals surface area contributed by atoms with Gasteiger partial charge in [0.15, 0.2) is 0 Å². The van der Waals surface area contributed by atoms with Crippen LogP contribution in [0.2, 0.25) is 0 Å². The van der Waals surface area contributed by atoms with E-state index >= 15 is 0 Å². The Kier molecular flexibility index (Phi) is 2.03. The van der Waals surface area contributed by atoms with Crippen molar-refractivity contribution in [3.05, 3.63) is 22.7 Å². The average Bonchev–Trinajstić information content (AvgIpc) is 2.38. The third kappa shape index (κ3) is 1.33. The largest absolute Gasteiger partial charge is 0.397 e. The van der Waals surface area contributed by atoms with Crippen LogP contribution in [0.3, 0.4) is 0 Å². The highest BCUT2D eigenvalue weighted by molar-refractivity contribution is 7.10. The molecule has 0 amide bonds. The fourth-order valence-corrected chi connectivity index (χ4v) is 1.05. The van der Waals surface area contributed by atoms with Gasteiger partial charge >= 0.3 is 0 Å². The maximum Gasteiger partial charge on any atom is 0.0934 e. The highest BCUT2D eigenvalue weighted by atomic mass is 32.1. The number of rotatable bonds is 1. The second-order valence-electron chi connectivity index (χ2n) is 1.59. The normalized spacial score (nSPS) is 10.9. The van der Waals surface area contributed by atoms with Crippen molar-refractivity contribution in [1.29, 1.82) is 5.26 Å². The first-order chi connectivity index (χ1) is 4.84. The van der Waals surface area contributed by atoms with E-state index in [4.69, 9.17) is 11.0 Å². The van der Waals surface area contributed by atoms with Crippen molar-refractivity contribution in [3.8, 4) is 6.07 Å². The van der Waals surface area contributed by atoms with Crippen LogP contribution in [0.4, 0.5) is 0 Å². The fourth-order valence-electron chi connectivity index (χ4n) is 0.499. The summed E-state index contributed by atoms with van der Waals surface area (Å²) in [6.45, 7) is 0. The molecule has 0 fully saturated rings. The second-order valence-corrected chi connectivity index (χ2v) is 2.48. The molecule has 0 aliphatic carbocycles. The molecule has 0 aromatic carbocycles. The smallest absolute Gasteiger partial charge is 0.0934 e. The first kappa shape index (κ1) is 6.78. The molecule has 0 bridgehead atoms. The number of nitrogens with zero attached hydrogens (tertiary/aromatic N) is 2. The quantitative estimate of drug-likeness (QED) is 0.608. The maximum absolute atomic E-state index is 8.21. The van der Waals surface area contributed by atoms with Crippen LogP contribution in [0.1, 0.15) is 4.88 Å². The Morgan fingerprint density at radius 1 is 1.90 bits per heavy atom. The topological polar surface area (TPSA) is 62.7 Å². The predicted octanol–water partition coefficient (Wildman–Crippen LogP) is 0.966. The Labute approximate surface area is 62.4 Å². The van der Waals surface area contributed by atoms with E-state index in [0.717, 1.165) is 4.88 Å². The number of nitriles is 1. The van der Waals surface area contributed by atoms with Crippen LogP contribution in [-0.2, 0) is 0 Å². The van der Waals surface area contributed by atoms with Crippen molar-refractivity contribution in [3.63, 3.8) is 0 Å². The van der Waals surface area contributed by atoms with Crippen molar-refractivity contribution in [1.82, 2.24) is 4.98 Å². The van der Waals surface area contributed by atoms with E-state index in [1.807, 2.05) is 6.07 Å². The molecule has 3 nitrogen and oxygen atoms in total. The van der Waals surface area contributed by atoms with Gasteiger partial charge in [-0.25, -0.2) is 0 Å². The highest BCUT2D eigenvalue weighted by Crippen LogP contribution is 2.12. The molecule has 0 aliphatic heterocycles. The summed E-state index contributed by atoms with van der Waals surface area (Å²) in [5.41, 5.74) is 7.61. The van der Waals surface area contributed by atoms with Crippen LogP contribution in [-0.4, -0.2) is 4.98 Å². The van der Waals surface area contributed by atoms with Gasteiger partial charge in [0, 0.05) is 12.3 Å². The lowest BCUT2D eigenvalue weighted by atomic mass is 10.4. The Hall–Kier alpha value is -1.34. The van der Waals surface area contributed by atoms with Crippen molar-refractivity contribution < 1.29 is 0 Å². The van der Waals surface area contributed by atoms with Gasteiger partial charge in [-0.3, -0.25) is 4.98 Å². The number of thiazole rings is 1. The van der Waals surface area contributed by atoms with Gasteiger partial charge in [0.2, 0.25) is 0 Å². The summed E-state index contributed by atoms with van der Waals surface area (Å²) in [6.07, 6.45) is 2.93. The summed E-state index contributed by atoms with van der Waals surface area (Å²) < 4.78 is 0. The minimum Gasteiger partial charge on any atom is -0.397 e. The van der Waals surface area contributed by atoms with Crippen LogP contribution in [0.5, 0.6) is 0 Å². The zero-order valence-corrected chi connectivity index (χ0v) is 5.93. The summed E-state index contributed by atoms with van der Waals surface area (Å²) in [7, 11) is 0. The first-order valence-electron chi connectivity index (χ1n) is 2.58. The van der Waals surface area contributed by atoms with E-state index in [9.17, 15) is 0 Å². The number of aromatic nitrogens is 1. The Balaban J connectivity index is 2.90. The van der Waals surface area contributed by atoms with Crippen molar-refractivity contribution >= 4 is 17.0 Å². The molecule has 4 heteroatoms. The fraction of sp³-hybridized carbons (Fsp3) is 0. The van der Waals surface area contributed by atoms with Crippen LogP contribution in [0.15, 0.2) is 17.8 Å². The average molecular weight is 151 g/mol. The van der Waals surface area contributed by atoms with Crippen LogP contribution in [0.25, 0.3) is 5.70 Å². The van der Waals surface area contributed by atoms with Gasteiger partial charge in [-0.15, -0.1) is 11.3 Å². The Morgan fingerprint density at radius 3 is 3.20 bits per heavy atom. The van der Waals surface area contributed by atoms with E-state index in [1.54, 1.807) is 11.7 Å². The molecule has 0 unspecified atom stereocenters. The van der Waals surface area contributed by atoms with E-state index in [0.29, 0.717) is 5.70 Å². The molecule has 1 rings (SSSR count). The standard InChI is InChI=1S/C6H5N3S/c7-2-1-5(8)6-3-9-4-10-6/h1,3-4H,8H2. The molecule has 0 saturated heterocycles. The van der Waals surface area contributed by atoms with Crippen LogP contribution in [0, 0.1) is 11.3 Å². The summed E-state index contributed by atoms with van der Waals surface area (Å²) in [5, 5.41) is 8.21. The molecule has 1 heterocycles. The number of hydrogen-bond acceptors (Lipinski definition) is 4. The van der Waals surface area contributed by atoms with Gasteiger partial charge in [0.25, 0.3) is 0 Å². The molecule has 1 aromatic rings. The zero-order valence-electron chi connectivity index (χ0n) is 5.11. The Bertz CT molecular complexity index is 268. The lowest BCUT2D eigenvalue weighted by Gasteiger charge is -1.88. The summed E-state index contributed by atoms with van der Waals surface area (Å²) in [4.78, 5) is 4.65. The molecule has 0 saturated carbocycles. The molecule has 0 aliphatic rings. The zero-order chi connectivity index (χ0) is 7.40. The van der Waals surface area contributed by atoms with Gasteiger partial charge in [-0.05, 0) is 0 Å². The molecule has 0 atom stereocenters. The molecule has 0 spiro atoms. The molecule has 1 aromatic heterocycles. The molecular weight excluding hydrogens is 146 g/mol. The van der Waals surface area contributed by atoms with Gasteiger partial charge < -0.3 is 5.73 Å². The lowest BCUT2D eigenvalue weighted by molar-refractivity contribution is 1.40. The van der Waals surface area contributed by atoms with E-state index in [-0.39, 0.29) is 0 Å².